The number of anilines is 1. The molecule has 0 fully saturated rings. The van der Waals surface area contributed by atoms with Crippen LogP contribution in [0.2, 0.25) is 0 Å². The third kappa shape index (κ3) is 4.68. The second-order valence-corrected chi connectivity index (χ2v) is 10.1. The van der Waals surface area contributed by atoms with Gasteiger partial charge >= 0.3 is 21.2 Å². The maximum Gasteiger partial charge on any atom is 0.357 e. The average molecular weight is 517 g/mol. The molecule has 4 rings (SSSR count). The number of amides is 1. The van der Waals surface area contributed by atoms with Crippen LogP contribution in [0.3, 0.4) is 0 Å². The molecule has 0 aliphatic rings. The van der Waals surface area contributed by atoms with Crippen molar-refractivity contribution in [1.82, 2.24) is 4.98 Å². The van der Waals surface area contributed by atoms with Gasteiger partial charge < -0.3 is 9.47 Å². The first-order valence-corrected chi connectivity index (χ1v) is 11.8. The van der Waals surface area contributed by atoms with Gasteiger partial charge in [-0.15, -0.1) is 0 Å². The maximum absolute atomic E-state index is 12.6. The molecule has 5 nitrogen and oxygen atoms in total. The molecular weight excluding hydrogens is 499 g/mol. The predicted octanol–water partition coefficient (Wildman–Crippen LogP) is 1.69. The third-order valence-corrected chi connectivity index (χ3v) is 7.81. The van der Waals surface area contributed by atoms with Crippen LogP contribution in [0.1, 0.15) is 10.4 Å². The molecule has 0 saturated heterocycles. The zero-order valence-corrected chi connectivity index (χ0v) is 18.8. The number of hydrogen-bond acceptors (Lipinski definition) is 5. The SMILES string of the molecule is COc1ccc([I+]c2ccc(C(=O)Nc3nc4ccc(OC)cc4s3)cc2)cc1. The highest BCUT2D eigenvalue weighted by Gasteiger charge is 2.17. The molecule has 1 amide bonds. The van der Waals surface area contributed by atoms with Crippen LogP contribution in [0.5, 0.6) is 11.5 Å². The summed E-state index contributed by atoms with van der Waals surface area (Å²) in [6, 6.07) is 21.6. The van der Waals surface area contributed by atoms with Crippen LogP contribution in [-0.4, -0.2) is 25.1 Å². The molecule has 0 unspecified atom stereocenters. The van der Waals surface area contributed by atoms with Gasteiger partial charge in [-0.3, -0.25) is 10.1 Å². The molecule has 0 bridgehead atoms. The summed E-state index contributed by atoms with van der Waals surface area (Å²) in [6.45, 7) is 0. The molecule has 29 heavy (non-hydrogen) atoms. The average Bonchev–Trinajstić information content (AvgIpc) is 3.16. The Kier molecular flexibility index (Phi) is 5.96. The molecule has 3 aromatic carbocycles. The lowest BCUT2D eigenvalue weighted by Crippen LogP contribution is -3.61. The first-order chi connectivity index (χ1) is 14.1. The van der Waals surface area contributed by atoms with E-state index >= 15 is 0 Å². The van der Waals surface area contributed by atoms with Crippen molar-refractivity contribution < 1.29 is 35.5 Å². The number of rotatable bonds is 6. The van der Waals surface area contributed by atoms with Crippen molar-refractivity contribution in [3.05, 3.63) is 79.4 Å². The van der Waals surface area contributed by atoms with Crippen LogP contribution in [0, 0.1) is 7.14 Å². The zero-order chi connectivity index (χ0) is 20.2. The van der Waals surface area contributed by atoms with E-state index < -0.39 is 0 Å². The summed E-state index contributed by atoms with van der Waals surface area (Å²) in [5.74, 6) is 1.47. The normalized spacial score (nSPS) is 10.7. The number of ether oxygens (including phenoxy) is 2. The number of methoxy groups -OCH3 is 2. The van der Waals surface area contributed by atoms with Gasteiger partial charge in [-0.25, -0.2) is 4.98 Å². The molecule has 0 spiro atoms. The number of benzene rings is 3. The molecule has 1 N–H and O–H groups in total. The standard InChI is InChI=1S/C22H17IN2O3S/c1-27-17-9-7-16(8-10-17)23-15-5-3-14(4-6-15)21(26)25-22-24-19-12-11-18(28-2)13-20(19)29-22/h3-13H,1-2H3/p+1. The largest absolute Gasteiger partial charge is 0.497 e. The summed E-state index contributed by atoms with van der Waals surface area (Å²) in [5.41, 5.74) is 1.45. The van der Waals surface area contributed by atoms with E-state index in [0.717, 1.165) is 21.7 Å². The van der Waals surface area contributed by atoms with Crippen molar-refractivity contribution in [1.29, 1.82) is 0 Å². The van der Waals surface area contributed by atoms with E-state index in [-0.39, 0.29) is 27.1 Å². The first kappa shape index (κ1) is 19.7. The van der Waals surface area contributed by atoms with Crippen LogP contribution in [0.4, 0.5) is 5.13 Å². The van der Waals surface area contributed by atoms with Gasteiger partial charge in [0.2, 0.25) is 0 Å². The molecule has 0 atom stereocenters. The van der Waals surface area contributed by atoms with Crippen LogP contribution in [0.25, 0.3) is 10.2 Å². The van der Waals surface area contributed by atoms with Gasteiger partial charge in [-0.05, 0) is 66.7 Å². The van der Waals surface area contributed by atoms with Crippen molar-refractivity contribution in [2.75, 3.05) is 19.5 Å². The van der Waals surface area contributed by atoms with E-state index in [4.69, 9.17) is 9.47 Å². The number of thiazole rings is 1. The smallest absolute Gasteiger partial charge is 0.357 e. The van der Waals surface area contributed by atoms with Crippen molar-refractivity contribution in [3.8, 4) is 11.5 Å². The van der Waals surface area contributed by atoms with Crippen molar-refractivity contribution in [2.45, 2.75) is 0 Å². The summed E-state index contributed by atoms with van der Waals surface area (Å²) >= 11 is 1.13. The predicted molar refractivity (Wildman–Crippen MR) is 111 cm³/mol. The summed E-state index contributed by atoms with van der Waals surface area (Å²) < 4.78 is 14.0. The molecule has 1 heterocycles. The Morgan fingerprint density at radius 3 is 2.17 bits per heavy atom. The van der Waals surface area contributed by atoms with Gasteiger partial charge in [0.05, 0.1) is 24.4 Å². The van der Waals surface area contributed by atoms with Crippen molar-refractivity contribution in [2.24, 2.45) is 0 Å². The second kappa shape index (κ2) is 8.79. The Morgan fingerprint density at radius 1 is 0.897 bits per heavy atom. The van der Waals surface area contributed by atoms with Gasteiger partial charge in [0.1, 0.15) is 11.5 Å². The first-order valence-electron chi connectivity index (χ1n) is 8.79. The minimum atomic E-state index is -0.300. The van der Waals surface area contributed by atoms with Gasteiger partial charge in [-0.1, -0.05) is 11.3 Å². The lowest BCUT2D eigenvalue weighted by atomic mass is 10.2. The number of fused-ring (bicyclic) bond motifs is 1. The van der Waals surface area contributed by atoms with Crippen LogP contribution < -0.4 is 36.0 Å². The molecule has 0 radical (unpaired) electrons. The Balaban J connectivity index is 1.43. The Morgan fingerprint density at radius 2 is 1.52 bits per heavy atom. The molecule has 4 aromatic rings. The molecule has 146 valence electrons. The lowest BCUT2D eigenvalue weighted by Gasteiger charge is -2.00. The molecule has 1 aromatic heterocycles. The molecule has 0 aliphatic heterocycles. The topological polar surface area (TPSA) is 60.5 Å². The van der Waals surface area contributed by atoms with E-state index in [1.165, 1.54) is 18.5 Å². The minimum Gasteiger partial charge on any atom is -0.497 e. The number of nitrogens with zero attached hydrogens (tertiary/aromatic N) is 1. The Bertz CT molecular complexity index is 1140. The minimum absolute atomic E-state index is 0.162. The fraction of sp³-hybridized carbons (Fsp3) is 0.0909. The van der Waals surface area contributed by atoms with Crippen molar-refractivity contribution in [3.63, 3.8) is 0 Å². The van der Waals surface area contributed by atoms with E-state index in [2.05, 4.69) is 22.4 Å². The monoisotopic (exact) mass is 517 g/mol. The summed E-state index contributed by atoms with van der Waals surface area (Å²) in [7, 11) is 3.30. The van der Waals surface area contributed by atoms with Gasteiger partial charge in [0.25, 0.3) is 5.91 Å². The Labute approximate surface area is 183 Å². The van der Waals surface area contributed by atoms with E-state index in [0.29, 0.717) is 10.7 Å². The lowest BCUT2D eigenvalue weighted by molar-refractivity contribution is -0.597. The number of hydrogen-bond donors (Lipinski definition) is 1. The molecule has 7 heteroatoms. The van der Waals surface area contributed by atoms with Crippen LogP contribution in [0.15, 0.2) is 66.7 Å². The van der Waals surface area contributed by atoms with E-state index in [9.17, 15) is 4.79 Å². The second-order valence-electron chi connectivity index (χ2n) is 6.07. The quantitative estimate of drug-likeness (QED) is 0.396. The maximum atomic E-state index is 12.6. The Hall–Kier alpha value is -2.65. The number of carbonyl (C=O) groups is 1. The number of aromatic nitrogens is 1. The third-order valence-electron chi connectivity index (χ3n) is 4.19. The van der Waals surface area contributed by atoms with Crippen LogP contribution >= 0.6 is 11.3 Å². The number of halogens is 1. The van der Waals surface area contributed by atoms with E-state index in [1.54, 1.807) is 14.2 Å². The fourth-order valence-corrected chi connectivity index (χ4v) is 5.73. The number of carbonyl (C=O) groups excluding carboxylic acids is 1. The van der Waals surface area contributed by atoms with Gasteiger partial charge in [-0.2, -0.15) is 0 Å². The van der Waals surface area contributed by atoms with Crippen LogP contribution in [-0.2, 0) is 0 Å². The highest BCUT2D eigenvalue weighted by Crippen LogP contribution is 2.29. The summed E-state index contributed by atoms with van der Waals surface area (Å²) in [5, 5.41) is 3.47. The zero-order valence-electron chi connectivity index (χ0n) is 15.8. The summed E-state index contributed by atoms with van der Waals surface area (Å²) in [6.07, 6.45) is 0. The number of nitrogens with one attached hydrogen (secondary N) is 1. The molecule has 0 saturated carbocycles. The molecular formula is C22H18IN2O3S+. The highest BCUT2D eigenvalue weighted by molar-refractivity contribution is 7.22. The summed E-state index contributed by atoms with van der Waals surface area (Å²) in [4.78, 5) is 17.0. The fourth-order valence-electron chi connectivity index (χ4n) is 2.68. The van der Waals surface area contributed by atoms with Gasteiger partial charge in [0, 0.05) is 5.56 Å². The van der Waals surface area contributed by atoms with Crippen molar-refractivity contribution >= 4 is 32.6 Å². The molecule has 0 aliphatic carbocycles. The van der Waals surface area contributed by atoms with E-state index in [1.807, 2.05) is 54.6 Å². The van der Waals surface area contributed by atoms with Gasteiger partial charge in [0.15, 0.2) is 12.3 Å². The highest BCUT2D eigenvalue weighted by atomic mass is 127.